The number of halogens is 1. The summed E-state index contributed by atoms with van der Waals surface area (Å²) >= 11 is 2.13. The van der Waals surface area contributed by atoms with Gasteiger partial charge < -0.3 is 19.3 Å². The molecule has 2 aliphatic heterocycles. The number of aliphatic hydroxyl groups excluding tert-OH is 1. The van der Waals surface area contributed by atoms with Gasteiger partial charge in [0, 0.05) is 12.8 Å². The molecule has 19 heavy (non-hydrogen) atoms. The van der Waals surface area contributed by atoms with Gasteiger partial charge in [-0.3, -0.25) is 4.79 Å². The summed E-state index contributed by atoms with van der Waals surface area (Å²) in [4.78, 5) is 12.3. The quantitative estimate of drug-likeness (QED) is 0.509. The van der Waals surface area contributed by atoms with E-state index in [4.69, 9.17) is 14.2 Å². The minimum atomic E-state index is -1.06. The molecule has 2 heterocycles. The van der Waals surface area contributed by atoms with Crippen molar-refractivity contribution in [1.82, 2.24) is 0 Å². The molecule has 0 aromatic heterocycles. The highest BCUT2D eigenvalue weighted by molar-refractivity contribution is 14.1. The first-order chi connectivity index (χ1) is 9.02. The molecular formula is C13H19IO5. The number of carbonyl (C=O) groups excluding carboxylic acids is 1. The largest absolute Gasteiger partial charge is 0.366 e. The fraction of sp³-hybridized carbons (Fsp3) is 0.923. The number of ketones is 1. The normalized spacial score (nSPS) is 46.1. The maximum atomic E-state index is 12.3. The lowest BCUT2D eigenvalue weighted by molar-refractivity contribution is -0.339. The van der Waals surface area contributed by atoms with Crippen LogP contribution in [-0.2, 0) is 19.0 Å². The van der Waals surface area contributed by atoms with Crippen LogP contribution < -0.4 is 0 Å². The van der Waals surface area contributed by atoms with E-state index in [2.05, 4.69) is 22.6 Å². The van der Waals surface area contributed by atoms with Crippen molar-refractivity contribution in [3.63, 3.8) is 0 Å². The first-order valence-electron chi connectivity index (χ1n) is 6.89. The van der Waals surface area contributed by atoms with E-state index in [9.17, 15) is 9.90 Å². The number of alkyl halides is 1. The second-order valence-electron chi connectivity index (χ2n) is 5.61. The van der Waals surface area contributed by atoms with E-state index in [1.807, 2.05) is 0 Å². The number of carbonyl (C=O) groups is 1. The number of hydrogen-bond donors (Lipinski definition) is 1. The molecule has 0 amide bonds. The molecule has 3 fully saturated rings. The lowest BCUT2D eigenvalue weighted by Gasteiger charge is -2.47. The van der Waals surface area contributed by atoms with Gasteiger partial charge in [-0.05, 0) is 19.8 Å². The van der Waals surface area contributed by atoms with Gasteiger partial charge in [0.05, 0.1) is 3.92 Å². The predicted octanol–water partition coefficient (Wildman–Crippen LogP) is 1.54. The molecule has 1 saturated carbocycles. The molecule has 1 aliphatic carbocycles. The van der Waals surface area contributed by atoms with Crippen LogP contribution >= 0.6 is 22.6 Å². The number of aliphatic hydroxyl groups is 1. The van der Waals surface area contributed by atoms with Gasteiger partial charge in [-0.2, -0.15) is 0 Å². The zero-order valence-corrected chi connectivity index (χ0v) is 13.0. The van der Waals surface area contributed by atoms with Crippen molar-refractivity contribution in [3.05, 3.63) is 0 Å². The highest BCUT2D eigenvalue weighted by atomic mass is 127. The van der Waals surface area contributed by atoms with Gasteiger partial charge in [0.15, 0.2) is 17.9 Å². The number of fused-ring (bicyclic) bond motifs is 2. The molecule has 3 aliphatic rings. The predicted molar refractivity (Wildman–Crippen MR) is 74.9 cm³/mol. The average Bonchev–Trinajstić information content (AvgIpc) is 2.45. The first-order valence-corrected chi connectivity index (χ1v) is 8.14. The molecular weight excluding hydrogens is 363 g/mol. The maximum absolute atomic E-state index is 12.3. The molecule has 2 bridgehead atoms. The molecule has 0 radical (unpaired) electrons. The van der Waals surface area contributed by atoms with E-state index < -0.39 is 30.4 Å². The topological polar surface area (TPSA) is 65.0 Å². The fourth-order valence-electron chi connectivity index (χ4n) is 3.15. The second-order valence-corrected chi connectivity index (χ2v) is 7.05. The van der Waals surface area contributed by atoms with E-state index in [-0.39, 0.29) is 9.71 Å². The molecule has 1 unspecified atom stereocenters. The third-order valence-corrected chi connectivity index (χ3v) is 5.58. The summed E-state index contributed by atoms with van der Waals surface area (Å²) in [6, 6.07) is 0. The Morgan fingerprint density at radius 2 is 1.95 bits per heavy atom. The van der Waals surface area contributed by atoms with Gasteiger partial charge in [-0.25, -0.2) is 0 Å². The number of rotatable bonds is 0. The highest BCUT2D eigenvalue weighted by Crippen LogP contribution is 2.43. The number of hydrogen-bond acceptors (Lipinski definition) is 5. The monoisotopic (exact) mass is 382 g/mol. The van der Waals surface area contributed by atoms with Crippen molar-refractivity contribution in [2.45, 2.75) is 73.3 Å². The van der Waals surface area contributed by atoms with Gasteiger partial charge >= 0.3 is 0 Å². The molecule has 5 nitrogen and oxygen atoms in total. The van der Waals surface area contributed by atoms with Crippen LogP contribution in [0.15, 0.2) is 0 Å². The summed E-state index contributed by atoms with van der Waals surface area (Å²) in [5.74, 6) is -0.784. The number of ether oxygens (including phenoxy) is 3. The third-order valence-electron chi connectivity index (χ3n) is 4.22. The Labute approximate surface area is 126 Å². The third kappa shape index (κ3) is 2.46. The smallest absolute Gasteiger partial charge is 0.191 e. The maximum Gasteiger partial charge on any atom is 0.191 e. The van der Waals surface area contributed by atoms with Crippen LogP contribution in [0.5, 0.6) is 0 Å². The zero-order valence-electron chi connectivity index (χ0n) is 10.9. The van der Waals surface area contributed by atoms with Crippen molar-refractivity contribution in [2.24, 2.45) is 0 Å². The molecule has 2 saturated heterocycles. The first kappa shape index (κ1) is 14.2. The summed E-state index contributed by atoms with van der Waals surface area (Å²) in [7, 11) is 0. The minimum Gasteiger partial charge on any atom is -0.366 e. The van der Waals surface area contributed by atoms with Crippen LogP contribution in [0.25, 0.3) is 0 Å². The van der Waals surface area contributed by atoms with Gasteiger partial charge in [-0.15, -0.1) is 0 Å². The lowest BCUT2D eigenvalue weighted by Crippen LogP contribution is -2.59. The van der Waals surface area contributed by atoms with Crippen LogP contribution in [0.2, 0.25) is 0 Å². The summed E-state index contributed by atoms with van der Waals surface area (Å²) in [5.41, 5.74) is 0. The second kappa shape index (κ2) is 5.22. The summed E-state index contributed by atoms with van der Waals surface area (Å²) < 4.78 is 17.2. The van der Waals surface area contributed by atoms with Crippen LogP contribution in [0.4, 0.5) is 0 Å². The van der Waals surface area contributed by atoms with E-state index in [0.717, 1.165) is 25.7 Å². The summed E-state index contributed by atoms with van der Waals surface area (Å²) in [6.07, 6.45) is 2.07. The van der Waals surface area contributed by atoms with E-state index in [1.165, 1.54) is 6.42 Å². The fourth-order valence-corrected chi connectivity index (χ4v) is 4.15. The standard InChI is InChI=1S/C13H19IO5/c1-7-9(15)10-8(14)11(12(16)17-7)19-13(18-10)5-3-2-4-6-13/h7-8,10-12,16H,2-6H2,1H3/t7-,8+,10+,11-,12?/m0/s1. The molecule has 0 aromatic carbocycles. The van der Waals surface area contributed by atoms with E-state index in [1.54, 1.807) is 6.92 Å². The van der Waals surface area contributed by atoms with E-state index >= 15 is 0 Å². The van der Waals surface area contributed by atoms with Gasteiger partial charge in [0.25, 0.3) is 0 Å². The van der Waals surface area contributed by atoms with Gasteiger partial charge in [-0.1, -0.05) is 29.0 Å². The Hall–Kier alpha value is 0.240. The van der Waals surface area contributed by atoms with Crippen LogP contribution in [0.3, 0.4) is 0 Å². The van der Waals surface area contributed by atoms with Crippen molar-refractivity contribution in [1.29, 1.82) is 0 Å². The summed E-state index contributed by atoms with van der Waals surface area (Å²) in [5, 5.41) is 10.1. The SMILES string of the molecule is C[C@@H]1OC(O)[C@H]2OC3(CCCCC3)O[C@@H](C1=O)[C@H]2I. The highest BCUT2D eigenvalue weighted by Gasteiger charge is 2.55. The molecule has 1 spiro atoms. The Kier molecular flexibility index (Phi) is 3.89. The Bertz CT molecular complexity index is 368. The Morgan fingerprint density at radius 3 is 2.63 bits per heavy atom. The lowest BCUT2D eigenvalue weighted by atomic mass is 9.91. The van der Waals surface area contributed by atoms with Crippen LogP contribution in [0.1, 0.15) is 39.0 Å². The Morgan fingerprint density at radius 1 is 1.26 bits per heavy atom. The molecule has 6 heteroatoms. The van der Waals surface area contributed by atoms with Crippen molar-refractivity contribution in [3.8, 4) is 0 Å². The van der Waals surface area contributed by atoms with E-state index in [0.29, 0.717) is 0 Å². The van der Waals surface area contributed by atoms with Gasteiger partial charge in [0.2, 0.25) is 0 Å². The summed E-state index contributed by atoms with van der Waals surface area (Å²) in [6.45, 7) is 1.66. The van der Waals surface area contributed by atoms with Crippen molar-refractivity contribution >= 4 is 28.4 Å². The van der Waals surface area contributed by atoms with Crippen LogP contribution in [0, 0.1) is 0 Å². The number of Topliss-reactive ketones (excluding diaryl/α,β-unsaturated/α-hetero) is 1. The molecule has 1 N–H and O–H groups in total. The molecule has 5 atom stereocenters. The van der Waals surface area contributed by atoms with Crippen molar-refractivity contribution in [2.75, 3.05) is 0 Å². The average molecular weight is 382 g/mol. The van der Waals surface area contributed by atoms with Crippen LogP contribution in [-0.4, -0.2) is 45.2 Å². The molecule has 0 aromatic rings. The zero-order chi connectivity index (χ0) is 13.6. The Balaban J connectivity index is 1.91. The minimum absolute atomic E-state index is 0.0887. The van der Waals surface area contributed by atoms with Crippen molar-refractivity contribution < 1.29 is 24.1 Å². The molecule has 3 rings (SSSR count). The molecule has 108 valence electrons. The van der Waals surface area contributed by atoms with Gasteiger partial charge in [0.1, 0.15) is 18.3 Å².